The van der Waals surface area contributed by atoms with Gasteiger partial charge in [0, 0.05) is 10.6 Å². The first-order valence-electron chi connectivity index (χ1n) is 7.14. The smallest absolute Gasteiger partial charge is 0.412 e. The molecule has 0 aliphatic heterocycles. The molecule has 3 nitrogen and oxygen atoms in total. The predicted molar refractivity (Wildman–Crippen MR) is 93.5 cm³/mol. The molecule has 0 spiro atoms. The van der Waals surface area contributed by atoms with Gasteiger partial charge >= 0.3 is 6.09 Å². The van der Waals surface area contributed by atoms with Crippen molar-refractivity contribution in [3.05, 3.63) is 58.3 Å². The Morgan fingerprint density at radius 2 is 2.09 bits per heavy atom. The van der Waals surface area contributed by atoms with Crippen LogP contribution in [0.4, 0.5) is 10.5 Å². The first-order valence-corrected chi connectivity index (χ1v) is 8.02. The molecule has 1 heterocycles. The molecule has 1 aromatic carbocycles. The number of hydrogen-bond acceptors (Lipinski definition) is 3. The number of carbonyl (C=O) groups is 1. The minimum Gasteiger partial charge on any atom is -0.444 e. The van der Waals surface area contributed by atoms with Gasteiger partial charge in [-0.3, -0.25) is 5.32 Å². The van der Waals surface area contributed by atoms with Crippen molar-refractivity contribution in [1.29, 1.82) is 0 Å². The molecule has 2 rings (SSSR count). The van der Waals surface area contributed by atoms with E-state index >= 15 is 0 Å². The van der Waals surface area contributed by atoms with Crippen molar-refractivity contribution in [3.8, 4) is 0 Å². The SMILES string of the molecule is C=Cc1cc(Cc2cccc(NC(=O)OC(C)(C)C)c2)cs1. The van der Waals surface area contributed by atoms with E-state index in [2.05, 4.69) is 23.3 Å². The van der Waals surface area contributed by atoms with E-state index in [0.717, 1.165) is 22.5 Å². The van der Waals surface area contributed by atoms with E-state index in [0.29, 0.717) is 0 Å². The van der Waals surface area contributed by atoms with E-state index in [1.54, 1.807) is 11.3 Å². The van der Waals surface area contributed by atoms with Gasteiger partial charge in [0.25, 0.3) is 0 Å². The van der Waals surface area contributed by atoms with Crippen LogP contribution in [-0.4, -0.2) is 11.7 Å². The van der Waals surface area contributed by atoms with Crippen LogP contribution in [-0.2, 0) is 11.2 Å². The fraction of sp³-hybridized carbons (Fsp3) is 0.278. The maximum absolute atomic E-state index is 11.8. The van der Waals surface area contributed by atoms with Crippen molar-refractivity contribution >= 4 is 29.2 Å². The first kappa shape index (κ1) is 16.3. The van der Waals surface area contributed by atoms with Crippen LogP contribution in [0.5, 0.6) is 0 Å². The van der Waals surface area contributed by atoms with Gasteiger partial charge in [0.2, 0.25) is 0 Å². The van der Waals surface area contributed by atoms with Crippen molar-refractivity contribution in [2.24, 2.45) is 0 Å². The maximum atomic E-state index is 11.8. The number of amides is 1. The van der Waals surface area contributed by atoms with Gasteiger partial charge in [0.1, 0.15) is 5.60 Å². The van der Waals surface area contributed by atoms with Crippen molar-refractivity contribution in [1.82, 2.24) is 0 Å². The van der Waals surface area contributed by atoms with Crippen LogP contribution in [0.25, 0.3) is 6.08 Å². The molecule has 1 aromatic heterocycles. The zero-order valence-electron chi connectivity index (χ0n) is 13.2. The Kier molecular flexibility index (Phi) is 5.03. The zero-order valence-corrected chi connectivity index (χ0v) is 14.0. The molecular weight excluding hydrogens is 294 g/mol. The summed E-state index contributed by atoms with van der Waals surface area (Å²) in [7, 11) is 0. The van der Waals surface area contributed by atoms with Gasteiger partial charge < -0.3 is 4.74 Å². The minimum atomic E-state index is -0.501. The summed E-state index contributed by atoms with van der Waals surface area (Å²) in [6.45, 7) is 9.31. The highest BCUT2D eigenvalue weighted by Crippen LogP contribution is 2.20. The lowest BCUT2D eigenvalue weighted by Gasteiger charge is -2.19. The molecule has 4 heteroatoms. The van der Waals surface area contributed by atoms with Crippen molar-refractivity contribution in [3.63, 3.8) is 0 Å². The standard InChI is InChI=1S/C18H21NO2S/c1-5-16-11-14(12-22-16)9-13-7-6-8-15(10-13)19-17(20)21-18(2,3)4/h5-8,10-12H,1,9H2,2-4H3,(H,19,20). The van der Waals surface area contributed by atoms with Crippen molar-refractivity contribution < 1.29 is 9.53 Å². The lowest BCUT2D eigenvalue weighted by molar-refractivity contribution is 0.0636. The Labute approximate surface area is 135 Å². The average molecular weight is 315 g/mol. The van der Waals surface area contributed by atoms with Crippen molar-refractivity contribution in [2.75, 3.05) is 5.32 Å². The lowest BCUT2D eigenvalue weighted by Crippen LogP contribution is -2.27. The normalized spacial score (nSPS) is 11.0. The quantitative estimate of drug-likeness (QED) is 0.828. The Morgan fingerprint density at radius 1 is 1.32 bits per heavy atom. The molecular formula is C18H21NO2S. The topological polar surface area (TPSA) is 38.3 Å². The number of carbonyl (C=O) groups excluding carboxylic acids is 1. The molecule has 0 bridgehead atoms. The number of benzene rings is 1. The monoisotopic (exact) mass is 315 g/mol. The second-order valence-electron chi connectivity index (χ2n) is 6.07. The Morgan fingerprint density at radius 3 is 2.73 bits per heavy atom. The molecule has 0 aliphatic carbocycles. The van der Waals surface area contributed by atoms with Gasteiger partial charge in [0.05, 0.1) is 0 Å². The van der Waals surface area contributed by atoms with Crippen LogP contribution in [0.2, 0.25) is 0 Å². The zero-order chi connectivity index (χ0) is 16.2. The Balaban J connectivity index is 2.03. The van der Waals surface area contributed by atoms with Crippen LogP contribution in [0.3, 0.4) is 0 Å². The summed E-state index contributed by atoms with van der Waals surface area (Å²) in [5.74, 6) is 0. The summed E-state index contributed by atoms with van der Waals surface area (Å²) in [6.07, 6.45) is 2.25. The van der Waals surface area contributed by atoms with Crippen LogP contribution >= 0.6 is 11.3 Å². The van der Waals surface area contributed by atoms with Crippen LogP contribution < -0.4 is 5.32 Å². The molecule has 1 N–H and O–H groups in total. The summed E-state index contributed by atoms with van der Waals surface area (Å²) < 4.78 is 5.26. The average Bonchev–Trinajstić information content (AvgIpc) is 2.84. The third kappa shape index (κ3) is 5.04. The fourth-order valence-corrected chi connectivity index (χ4v) is 2.76. The summed E-state index contributed by atoms with van der Waals surface area (Å²) in [5.41, 5.74) is 2.63. The molecule has 2 aromatic rings. The lowest BCUT2D eigenvalue weighted by atomic mass is 10.1. The van der Waals surface area contributed by atoms with Gasteiger partial charge in [-0.05, 0) is 61.9 Å². The van der Waals surface area contributed by atoms with Gasteiger partial charge in [-0.15, -0.1) is 11.3 Å². The van der Waals surface area contributed by atoms with E-state index < -0.39 is 11.7 Å². The largest absolute Gasteiger partial charge is 0.444 e. The summed E-state index contributed by atoms with van der Waals surface area (Å²) in [4.78, 5) is 13.0. The molecule has 0 saturated carbocycles. The van der Waals surface area contributed by atoms with Crippen LogP contribution in [0, 0.1) is 0 Å². The highest BCUT2D eigenvalue weighted by molar-refractivity contribution is 7.11. The molecule has 0 saturated heterocycles. The van der Waals surface area contributed by atoms with Crippen LogP contribution in [0.15, 0.2) is 42.3 Å². The van der Waals surface area contributed by atoms with Gasteiger partial charge in [-0.2, -0.15) is 0 Å². The second-order valence-corrected chi connectivity index (χ2v) is 7.01. The summed E-state index contributed by atoms with van der Waals surface area (Å²) in [6, 6.07) is 9.94. The third-order valence-electron chi connectivity index (χ3n) is 2.86. The number of hydrogen-bond donors (Lipinski definition) is 1. The molecule has 0 atom stereocenters. The van der Waals surface area contributed by atoms with Gasteiger partial charge in [-0.25, -0.2) is 4.79 Å². The molecule has 0 fully saturated rings. The molecule has 0 radical (unpaired) electrons. The molecule has 1 amide bonds. The Bertz CT molecular complexity index is 668. The minimum absolute atomic E-state index is 0.436. The number of rotatable bonds is 4. The van der Waals surface area contributed by atoms with E-state index in [1.807, 2.05) is 51.1 Å². The molecule has 0 unspecified atom stereocenters. The van der Waals surface area contributed by atoms with E-state index in [-0.39, 0.29) is 0 Å². The molecule has 116 valence electrons. The van der Waals surface area contributed by atoms with Gasteiger partial charge in [0.15, 0.2) is 0 Å². The number of thiophene rings is 1. The fourth-order valence-electron chi connectivity index (χ4n) is 2.01. The first-order chi connectivity index (χ1) is 10.4. The summed E-state index contributed by atoms with van der Waals surface area (Å²) >= 11 is 1.68. The van der Waals surface area contributed by atoms with E-state index in [4.69, 9.17) is 4.74 Å². The number of anilines is 1. The predicted octanol–water partition coefficient (Wildman–Crippen LogP) is 5.33. The summed E-state index contributed by atoms with van der Waals surface area (Å²) in [5, 5.41) is 4.90. The number of nitrogens with one attached hydrogen (secondary N) is 1. The van der Waals surface area contributed by atoms with E-state index in [1.165, 1.54) is 5.56 Å². The maximum Gasteiger partial charge on any atom is 0.412 e. The molecule has 0 aliphatic rings. The third-order valence-corrected chi connectivity index (χ3v) is 3.83. The Hall–Kier alpha value is -2.07. The number of ether oxygens (including phenoxy) is 1. The van der Waals surface area contributed by atoms with Crippen LogP contribution in [0.1, 0.15) is 36.8 Å². The highest BCUT2D eigenvalue weighted by Gasteiger charge is 2.16. The highest BCUT2D eigenvalue weighted by atomic mass is 32.1. The van der Waals surface area contributed by atoms with E-state index in [9.17, 15) is 4.79 Å². The van der Waals surface area contributed by atoms with Crippen molar-refractivity contribution in [2.45, 2.75) is 32.8 Å². The molecule has 22 heavy (non-hydrogen) atoms. The van der Waals surface area contributed by atoms with Gasteiger partial charge in [-0.1, -0.05) is 24.8 Å². The second kappa shape index (κ2) is 6.79.